The SMILES string of the molecule is COCCNC(=O)CN1C(=O)COc2ccc(-c3csc(-c4ccccc4Cl)n3)cc21. The lowest BCUT2D eigenvalue weighted by atomic mass is 10.1. The highest BCUT2D eigenvalue weighted by Crippen LogP contribution is 2.38. The smallest absolute Gasteiger partial charge is 0.265 e. The first-order chi connectivity index (χ1) is 15.1. The van der Waals surface area contributed by atoms with Crippen molar-refractivity contribution in [2.45, 2.75) is 0 Å². The number of thiazole rings is 1. The predicted molar refractivity (Wildman–Crippen MR) is 121 cm³/mol. The number of nitrogens with one attached hydrogen (secondary N) is 1. The molecule has 1 aliphatic heterocycles. The number of methoxy groups -OCH3 is 1. The average Bonchev–Trinajstić information content (AvgIpc) is 3.26. The van der Waals surface area contributed by atoms with E-state index >= 15 is 0 Å². The van der Waals surface area contributed by atoms with Gasteiger partial charge in [-0.05, 0) is 24.3 Å². The fourth-order valence-corrected chi connectivity index (χ4v) is 4.34. The topological polar surface area (TPSA) is 80.8 Å². The molecule has 9 heteroatoms. The molecule has 0 saturated heterocycles. The Morgan fingerprint density at radius 3 is 2.97 bits per heavy atom. The van der Waals surface area contributed by atoms with Gasteiger partial charge in [-0.25, -0.2) is 4.98 Å². The molecule has 2 amide bonds. The fraction of sp³-hybridized carbons (Fsp3) is 0.227. The number of carbonyl (C=O) groups is 2. The minimum absolute atomic E-state index is 0.0930. The Morgan fingerprint density at radius 1 is 1.32 bits per heavy atom. The molecule has 160 valence electrons. The van der Waals surface area contributed by atoms with Crippen molar-refractivity contribution in [3.8, 4) is 27.6 Å². The molecule has 1 aliphatic rings. The van der Waals surface area contributed by atoms with Gasteiger partial charge < -0.3 is 14.8 Å². The summed E-state index contributed by atoms with van der Waals surface area (Å²) >= 11 is 7.79. The summed E-state index contributed by atoms with van der Waals surface area (Å²) in [5.41, 5.74) is 2.98. The van der Waals surface area contributed by atoms with Crippen molar-refractivity contribution >= 4 is 40.4 Å². The van der Waals surface area contributed by atoms with E-state index in [9.17, 15) is 9.59 Å². The van der Waals surface area contributed by atoms with Crippen molar-refractivity contribution in [3.63, 3.8) is 0 Å². The molecule has 0 fully saturated rings. The lowest BCUT2D eigenvalue weighted by Gasteiger charge is -2.29. The number of nitrogens with zero attached hydrogens (tertiary/aromatic N) is 2. The van der Waals surface area contributed by atoms with Crippen LogP contribution >= 0.6 is 22.9 Å². The number of carbonyl (C=O) groups excluding carboxylic acids is 2. The van der Waals surface area contributed by atoms with Crippen LogP contribution in [-0.2, 0) is 14.3 Å². The molecule has 7 nitrogen and oxygen atoms in total. The minimum Gasteiger partial charge on any atom is -0.482 e. The molecule has 3 aromatic rings. The second-order valence-electron chi connectivity index (χ2n) is 6.81. The number of aromatic nitrogens is 1. The summed E-state index contributed by atoms with van der Waals surface area (Å²) in [5, 5.41) is 6.11. The molecule has 2 aromatic carbocycles. The average molecular weight is 458 g/mol. The Morgan fingerprint density at radius 2 is 2.16 bits per heavy atom. The number of rotatable bonds is 7. The van der Waals surface area contributed by atoms with E-state index in [1.807, 2.05) is 41.8 Å². The van der Waals surface area contributed by atoms with Gasteiger partial charge in [-0.3, -0.25) is 14.5 Å². The second kappa shape index (κ2) is 9.47. The number of hydrogen-bond donors (Lipinski definition) is 1. The zero-order valence-electron chi connectivity index (χ0n) is 16.8. The van der Waals surface area contributed by atoms with Crippen LogP contribution in [0.3, 0.4) is 0 Å². The summed E-state index contributed by atoms with van der Waals surface area (Å²) in [4.78, 5) is 30.9. The van der Waals surface area contributed by atoms with E-state index in [0.29, 0.717) is 29.6 Å². The highest BCUT2D eigenvalue weighted by atomic mass is 35.5. The number of fused-ring (bicyclic) bond motifs is 1. The Kier molecular flexibility index (Phi) is 6.50. The molecule has 2 heterocycles. The van der Waals surface area contributed by atoms with Crippen LogP contribution in [0.25, 0.3) is 21.8 Å². The molecular weight excluding hydrogens is 438 g/mol. The molecule has 0 spiro atoms. The number of amides is 2. The molecule has 0 atom stereocenters. The van der Waals surface area contributed by atoms with E-state index < -0.39 is 0 Å². The van der Waals surface area contributed by atoms with E-state index in [2.05, 4.69) is 5.32 Å². The summed E-state index contributed by atoms with van der Waals surface area (Å²) < 4.78 is 10.5. The Labute approximate surface area is 188 Å². The van der Waals surface area contributed by atoms with Crippen LogP contribution in [0.15, 0.2) is 47.8 Å². The second-order valence-corrected chi connectivity index (χ2v) is 8.08. The zero-order valence-corrected chi connectivity index (χ0v) is 18.3. The maximum Gasteiger partial charge on any atom is 0.265 e. The van der Waals surface area contributed by atoms with Gasteiger partial charge in [-0.15, -0.1) is 11.3 Å². The Hall–Kier alpha value is -2.94. The molecule has 31 heavy (non-hydrogen) atoms. The summed E-state index contributed by atoms with van der Waals surface area (Å²) in [6.07, 6.45) is 0. The summed E-state index contributed by atoms with van der Waals surface area (Å²) in [5.74, 6) is 0.00879. The summed E-state index contributed by atoms with van der Waals surface area (Å²) in [6, 6.07) is 13.0. The van der Waals surface area contributed by atoms with Gasteiger partial charge >= 0.3 is 0 Å². The molecule has 1 N–H and O–H groups in total. The third-order valence-electron chi connectivity index (χ3n) is 4.74. The normalized spacial score (nSPS) is 13.0. The van der Waals surface area contributed by atoms with Crippen LogP contribution < -0.4 is 15.0 Å². The van der Waals surface area contributed by atoms with Crippen LogP contribution in [0.5, 0.6) is 5.75 Å². The van der Waals surface area contributed by atoms with Crippen molar-refractivity contribution in [1.29, 1.82) is 0 Å². The number of halogens is 1. The van der Waals surface area contributed by atoms with Gasteiger partial charge in [0.25, 0.3) is 5.91 Å². The highest BCUT2D eigenvalue weighted by molar-refractivity contribution is 7.13. The van der Waals surface area contributed by atoms with Crippen molar-refractivity contribution < 1.29 is 19.1 Å². The standard InChI is InChI=1S/C22H20ClN3O4S/c1-29-9-8-24-20(27)11-26-18-10-14(6-7-19(18)30-12-21(26)28)17-13-31-22(25-17)15-4-2-3-5-16(15)23/h2-7,10,13H,8-9,11-12H2,1H3,(H,24,27). The van der Waals surface area contributed by atoms with Crippen LogP contribution in [0.2, 0.25) is 5.02 Å². The Balaban J connectivity index is 1.60. The summed E-state index contributed by atoms with van der Waals surface area (Å²) in [6.45, 7) is 0.584. The largest absolute Gasteiger partial charge is 0.482 e. The summed E-state index contributed by atoms with van der Waals surface area (Å²) in [7, 11) is 1.56. The van der Waals surface area contributed by atoms with E-state index in [0.717, 1.165) is 21.8 Å². The van der Waals surface area contributed by atoms with Gasteiger partial charge in [0.1, 0.15) is 17.3 Å². The maximum atomic E-state index is 12.5. The Bertz CT molecular complexity index is 1120. The van der Waals surface area contributed by atoms with Crippen LogP contribution in [0.4, 0.5) is 5.69 Å². The maximum absolute atomic E-state index is 12.5. The highest BCUT2D eigenvalue weighted by Gasteiger charge is 2.28. The van der Waals surface area contributed by atoms with Gasteiger partial charge in [0.15, 0.2) is 6.61 Å². The van der Waals surface area contributed by atoms with Crippen molar-refractivity contribution in [2.75, 3.05) is 38.3 Å². The van der Waals surface area contributed by atoms with E-state index in [4.69, 9.17) is 26.1 Å². The monoisotopic (exact) mass is 457 g/mol. The van der Waals surface area contributed by atoms with Gasteiger partial charge in [-0.2, -0.15) is 0 Å². The van der Waals surface area contributed by atoms with Crippen molar-refractivity contribution in [2.24, 2.45) is 0 Å². The molecule has 0 radical (unpaired) electrons. The van der Waals surface area contributed by atoms with E-state index in [1.54, 1.807) is 13.2 Å². The first-order valence-corrected chi connectivity index (χ1v) is 10.9. The van der Waals surface area contributed by atoms with Gasteiger partial charge in [0, 0.05) is 30.2 Å². The molecule has 0 unspecified atom stereocenters. The first kappa shape index (κ1) is 21.3. The van der Waals surface area contributed by atoms with Crippen LogP contribution in [0.1, 0.15) is 0 Å². The van der Waals surface area contributed by atoms with Gasteiger partial charge in [0.2, 0.25) is 5.91 Å². The minimum atomic E-state index is -0.276. The number of benzene rings is 2. The molecule has 0 saturated carbocycles. The number of anilines is 1. The van der Waals surface area contributed by atoms with Gasteiger partial charge in [-0.1, -0.05) is 29.8 Å². The quantitative estimate of drug-likeness (QED) is 0.548. The van der Waals surface area contributed by atoms with Gasteiger partial charge in [0.05, 0.1) is 23.0 Å². The predicted octanol–water partition coefficient (Wildman–Crippen LogP) is 3.62. The number of hydrogen-bond acceptors (Lipinski definition) is 6. The lowest BCUT2D eigenvalue weighted by Crippen LogP contribution is -2.45. The van der Waals surface area contributed by atoms with Crippen LogP contribution in [0, 0.1) is 0 Å². The number of ether oxygens (including phenoxy) is 2. The van der Waals surface area contributed by atoms with E-state index in [1.165, 1.54) is 16.2 Å². The van der Waals surface area contributed by atoms with Crippen LogP contribution in [-0.4, -0.2) is 50.2 Å². The third kappa shape index (κ3) is 4.71. The molecule has 0 aliphatic carbocycles. The lowest BCUT2D eigenvalue weighted by molar-refractivity contribution is -0.125. The fourth-order valence-electron chi connectivity index (χ4n) is 3.19. The first-order valence-electron chi connectivity index (χ1n) is 9.60. The van der Waals surface area contributed by atoms with Crippen molar-refractivity contribution in [3.05, 3.63) is 52.9 Å². The molecular formula is C22H20ClN3O4S. The van der Waals surface area contributed by atoms with E-state index in [-0.39, 0.29) is 25.0 Å². The molecule has 1 aromatic heterocycles. The van der Waals surface area contributed by atoms with Crippen molar-refractivity contribution in [1.82, 2.24) is 10.3 Å². The third-order valence-corrected chi connectivity index (χ3v) is 5.94. The zero-order chi connectivity index (χ0) is 21.8. The molecule has 0 bridgehead atoms. The molecule has 4 rings (SSSR count).